The Morgan fingerprint density at radius 2 is 1.81 bits per heavy atom. The summed E-state index contributed by atoms with van der Waals surface area (Å²) in [6.45, 7) is 5.90. The molecule has 1 aliphatic heterocycles. The summed E-state index contributed by atoms with van der Waals surface area (Å²) >= 11 is 6.08. The van der Waals surface area contributed by atoms with Gasteiger partial charge in [-0.3, -0.25) is 14.5 Å². The van der Waals surface area contributed by atoms with Gasteiger partial charge >= 0.3 is 11.9 Å². The number of nitrogens with zero attached hydrogens (tertiary/aromatic N) is 2. The zero-order valence-corrected chi connectivity index (χ0v) is 16.5. The van der Waals surface area contributed by atoms with E-state index >= 15 is 0 Å². The number of carboxylic acids is 2. The van der Waals surface area contributed by atoms with Crippen molar-refractivity contribution in [3.63, 3.8) is 0 Å². The summed E-state index contributed by atoms with van der Waals surface area (Å²) in [6, 6.07) is 6.11. The Labute approximate surface area is 166 Å². The van der Waals surface area contributed by atoms with Gasteiger partial charge in [0.05, 0.1) is 11.3 Å². The van der Waals surface area contributed by atoms with Crippen LogP contribution in [-0.2, 0) is 14.4 Å². The third kappa shape index (κ3) is 4.86. The molecule has 1 aromatic carbocycles. The number of thioether (sulfide) groups is 1. The maximum absolute atomic E-state index is 12.6. The van der Waals surface area contributed by atoms with Crippen molar-refractivity contribution in [2.75, 3.05) is 18.0 Å². The Balaban J connectivity index is 2.25. The van der Waals surface area contributed by atoms with Gasteiger partial charge in [0.1, 0.15) is 10.4 Å². The second kappa shape index (κ2) is 9.01. The van der Waals surface area contributed by atoms with Crippen LogP contribution in [0.3, 0.4) is 0 Å². The second-order valence-electron chi connectivity index (χ2n) is 5.77. The Morgan fingerprint density at radius 3 is 2.30 bits per heavy atom. The first-order chi connectivity index (χ1) is 12.8. The lowest BCUT2D eigenvalue weighted by molar-refractivity contribution is -0.150. The molecule has 1 aliphatic rings. The van der Waals surface area contributed by atoms with E-state index in [1.807, 2.05) is 24.3 Å². The highest BCUT2D eigenvalue weighted by atomic mass is 32.2. The van der Waals surface area contributed by atoms with Crippen molar-refractivity contribution in [1.29, 1.82) is 0 Å². The van der Waals surface area contributed by atoms with Crippen LogP contribution >= 0.6 is 24.0 Å². The molecule has 1 heterocycles. The van der Waals surface area contributed by atoms with Crippen LogP contribution in [0.5, 0.6) is 0 Å². The highest BCUT2D eigenvalue weighted by Crippen LogP contribution is 2.34. The maximum atomic E-state index is 12.6. The van der Waals surface area contributed by atoms with Crippen LogP contribution in [0.25, 0.3) is 6.08 Å². The number of rotatable bonds is 8. The molecule has 7 nitrogen and oxygen atoms in total. The normalized spacial score (nSPS) is 16.7. The van der Waals surface area contributed by atoms with E-state index in [9.17, 15) is 19.5 Å². The highest BCUT2D eigenvalue weighted by molar-refractivity contribution is 8.26. The molecule has 27 heavy (non-hydrogen) atoms. The molecule has 0 spiro atoms. The fraction of sp³-hybridized carbons (Fsp3) is 0.333. The summed E-state index contributed by atoms with van der Waals surface area (Å²) in [6.07, 6.45) is 0.915. The van der Waals surface area contributed by atoms with Crippen LogP contribution in [0, 0.1) is 0 Å². The summed E-state index contributed by atoms with van der Waals surface area (Å²) in [5.41, 5.74) is 1.84. The smallest absolute Gasteiger partial charge is 0.327 e. The average molecular weight is 409 g/mol. The van der Waals surface area contributed by atoms with E-state index in [0.717, 1.165) is 41.0 Å². The Bertz CT molecular complexity index is 787. The standard InChI is InChI=1S/C18H20N2O5S2/c1-3-19(4-2)12-7-5-11(6-8-12)9-14-16(23)20(18(26)27-14)13(17(24)25)10-15(21)22/h5-9,13H,3-4,10H2,1-2H3,(H,21,22)(H,24,25)/b14-9-/t13-/m0/s1. The largest absolute Gasteiger partial charge is 0.481 e. The van der Waals surface area contributed by atoms with Gasteiger partial charge in [-0.1, -0.05) is 36.1 Å². The van der Waals surface area contributed by atoms with Crippen LogP contribution < -0.4 is 4.90 Å². The Kier molecular flexibility index (Phi) is 6.98. The predicted molar refractivity (Wildman–Crippen MR) is 109 cm³/mol. The summed E-state index contributed by atoms with van der Waals surface area (Å²) in [4.78, 5) is 38.2. The quantitative estimate of drug-likeness (QED) is 0.500. The number of anilines is 1. The van der Waals surface area contributed by atoms with Crippen molar-refractivity contribution in [2.45, 2.75) is 26.3 Å². The van der Waals surface area contributed by atoms with Gasteiger partial charge in [-0.25, -0.2) is 4.79 Å². The molecular formula is C18H20N2O5S2. The van der Waals surface area contributed by atoms with Crippen molar-refractivity contribution in [2.24, 2.45) is 0 Å². The molecule has 2 rings (SSSR count). The van der Waals surface area contributed by atoms with E-state index in [1.165, 1.54) is 0 Å². The number of carbonyl (C=O) groups excluding carboxylic acids is 1. The number of amides is 1. The molecule has 0 aromatic heterocycles. The molecule has 0 radical (unpaired) electrons. The zero-order valence-electron chi connectivity index (χ0n) is 14.9. The van der Waals surface area contributed by atoms with Gasteiger partial charge in [-0.05, 0) is 37.6 Å². The molecule has 144 valence electrons. The van der Waals surface area contributed by atoms with Crippen LogP contribution in [0.4, 0.5) is 5.69 Å². The molecule has 1 amide bonds. The minimum atomic E-state index is -1.52. The van der Waals surface area contributed by atoms with Crippen molar-refractivity contribution >= 4 is 57.9 Å². The highest BCUT2D eigenvalue weighted by Gasteiger charge is 2.41. The van der Waals surface area contributed by atoms with Crippen LogP contribution in [0.15, 0.2) is 29.2 Å². The lowest BCUT2D eigenvalue weighted by atomic mass is 10.1. The molecule has 1 fully saturated rings. The number of hydrogen-bond donors (Lipinski definition) is 2. The number of carboxylic acid groups (broad SMARTS) is 2. The number of carbonyl (C=O) groups is 3. The van der Waals surface area contributed by atoms with E-state index < -0.39 is 30.3 Å². The van der Waals surface area contributed by atoms with Gasteiger partial charge in [0.2, 0.25) is 0 Å². The van der Waals surface area contributed by atoms with Gasteiger partial charge in [0.15, 0.2) is 0 Å². The van der Waals surface area contributed by atoms with Crippen molar-refractivity contribution in [1.82, 2.24) is 4.90 Å². The summed E-state index contributed by atoms with van der Waals surface area (Å²) in [5, 5.41) is 18.2. The van der Waals surface area contributed by atoms with E-state index in [-0.39, 0.29) is 9.23 Å². The summed E-state index contributed by atoms with van der Waals surface area (Å²) < 4.78 is 0.0414. The van der Waals surface area contributed by atoms with Crippen LogP contribution in [-0.4, -0.2) is 56.4 Å². The van der Waals surface area contributed by atoms with E-state index in [1.54, 1.807) is 6.08 Å². The van der Waals surface area contributed by atoms with Gasteiger partial charge < -0.3 is 15.1 Å². The minimum absolute atomic E-state index is 0.0414. The molecule has 1 aromatic rings. The minimum Gasteiger partial charge on any atom is -0.481 e. The Hall–Kier alpha value is -2.39. The molecule has 0 aliphatic carbocycles. The van der Waals surface area contributed by atoms with Gasteiger partial charge in [-0.2, -0.15) is 0 Å². The zero-order chi connectivity index (χ0) is 20.1. The van der Waals surface area contributed by atoms with Crippen LogP contribution in [0.1, 0.15) is 25.8 Å². The number of hydrogen-bond acceptors (Lipinski definition) is 6. The lowest BCUT2D eigenvalue weighted by Gasteiger charge is -2.21. The molecular weight excluding hydrogens is 388 g/mol. The first-order valence-electron chi connectivity index (χ1n) is 8.35. The second-order valence-corrected chi connectivity index (χ2v) is 7.44. The average Bonchev–Trinajstić information content (AvgIpc) is 2.88. The number of benzene rings is 1. The van der Waals surface area contributed by atoms with E-state index in [0.29, 0.717) is 0 Å². The van der Waals surface area contributed by atoms with Crippen molar-refractivity contribution in [3.8, 4) is 0 Å². The first kappa shape index (κ1) is 20.9. The van der Waals surface area contributed by atoms with Gasteiger partial charge in [0, 0.05) is 18.8 Å². The molecule has 2 N–H and O–H groups in total. The van der Waals surface area contributed by atoms with E-state index in [4.69, 9.17) is 17.3 Å². The monoisotopic (exact) mass is 408 g/mol. The first-order valence-corrected chi connectivity index (χ1v) is 9.57. The van der Waals surface area contributed by atoms with Crippen LogP contribution in [0.2, 0.25) is 0 Å². The fourth-order valence-corrected chi connectivity index (χ4v) is 4.08. The van der Waals surface area contributed by atoms with Gasteiger partial charge in [-0.15, -0.1) is 0 Å². The predicted octanol–water partition coefficient (Wildman–Crippen LogP) is 2.66. The fourth-order valence-electron chi connectivity index (χ4n) is 2.72. The SMILES string of the molecule is CCN(CC)c1ccc(/C=C2\SC(=S)N([C@@H](CC(=O)O)C(=O)O)C2=O)cc1. The third-order valence-electron chi connectivity index (χ3n) is 4.11. The molecule has 0 saturated carbocycles. The molecule has 1 saturated heterocycles. The van der Waals surface area contributed by atoms with Gasteiger partial charge in [0.25, 0.3) is 5.91 Å². The summed E-state index contributed by atoms with van der Waals surface area (Å²) in [5.74, 6) is -3.31. The van der Waals surface area contributed by atoms with E-state index in [2.05, 4.69) is 18.7 Å². The molecule has 9 heteroatoms. The topological polar surface area (TPSA) is 98.2 Å². The summed E-state index contributed by atoms with van der Waals surface area (Å²) in [7, 11) is 0. The van der Waals surface area contributed by atoms with Crippen molar-refractivity contribution in [3.05, 3.63) is 34.7 Å². The molecule has 0 unspecified atom stereocenters. The van der Waals surface area contributed by atoms with Crippen molar-refractivity contribution < 1.29 is 24.6 Å². The number of thiocarbonyl (C=S) groups is 1. The third-order valence-corrected chi connectivity index (χ3v) is 5.44. The lowest BCUT2D eigenvalue weighted by Crippen LogP contribution is -2.45. The maximum Gasteiger partial charge on any atom is 0.327 e. The Morgan fingerprint density at radius 1 is 1.22 bits per heavy atom. The molecule has 1 atom stereocenters. The number of aliphatic carboxylic acids is 2. The molecule has 0 bridgehead atoms.